The number of rotatable bonds is 0. The van der Waals surface area contributed by atoms with E-state index in [1.54, 1.807) is 10.9 Å². The van der Waals surface area contributed by atoms with Crippen LogP contribution in [0.1, 0.15) is 6.23 Å². The molecule has 0 aromatic carbocycles. The summed E-state index contributed by atoms with van der Waals surface area (Å²) in [7, 11) is 0. The zero-order chi connectivity index (χ0) is 13.3. The number of aliphatic hydroxyl groups is 2. The smallest absolute Gasteiger partial charge is 0.330 e. The summed E-state index contributed by atoms with van der Waals surface area (Å²) in [5.41, 5.74) is 0.498. The maximum Gasteiger partial charge on any atom is 0.330 e. The summed E-state index contributed by atoms with van der Waals surface area (Å²) in [5, 5.41) is 19.9. The van der Waals surface area contributed by atoms with Gasteiger partial charge in [0.15, 0.2) is 6.23 Å². The molecule has 2 aromatic rings. The van der Waals surface area contributed by atoms with E-state index in [4.69, 9.17) is 17.0 Å². The Bertz CT molecular complexity index is 793. The highest BCUT2D eigenvalue weighted by Gasteiger charge is 2.47. The summed E-state index contributed by atoms with van der Waals surface area (Å²) in [4.78, 5) is 18.8. The van der Waals surface area contributed by atoms with Gasteiger partial charge in [-0.15, -0.1) is 0 Å². The highest BCUT2D eigenvalue weighted by atomic mass is 32.1. The molecule has 2 aliphatic rings. The summed E-state index contributed by atoms with van der Waals surface area (Å²) in [5.74, 6) is 0. The molecule has 2 aliphatic heterocycles. The van der Waals surface area contributed by atoms with Gasteiger partial charge in [-0.1, -0.05) is 12.2 Å². The molecule has 2 aromatic heterocycles. The van der Waals surface area contributed by atoms with Gasteiger partial charge in [-0.25, -0.2) is 14.3 Å². The molecule has 2 bridgehead atoms. The molecule has 1 saturated heterocycles. The maximum absolute atomic E-state index is 12.1. The third-order valence-electron chi connectivity index (χ3n) is 3.66. The highest BCUT2D eigenvalue weighted by Crippen LogP contribution is 2.34. The van der Waals surface area contributed by atoms with Crippen molar-refractivity contribution in [2.24, 2.45) is 0 Å². The van der Waals surface area contributed by atoms with Crippen molar-refractivity contribution in [1.82, 2.24) is 19.1 Å². The first-order chi connectivity index (χ1) is 9.08. The number of aromatic amines is 1. The van der Waals surface area contributed by atoms with Gasteiger partial charge >= 0.3 is 5.69 Å². The van der Waals surface area contributed by atoms with Crippen LogP contribution in [0.15, 0.2) is 11.1 Å². The van der Waals surface area contributed by atoms with Gasteiger partial charge in [0.25, 0.3) is 0 Å². The maximum atomic E-state index is 12.1. The zero-order valence-electron chi connectivity index (χ0n) is 9.55. The van der Waals surface area contributed by atoms with Crippen molar-refractivity contribution in [3.63, 3.8) is 0 Å². The van der Waals surface area contributed by atoms with E-state index in [9.17, 15) is 15.0 Å². The van der Waals surface area contributed by atoms with Crippen LogP contribution in [0.5, 0.6) is 0 Å². The molecule has 9 heteroatoms. The van der Waals surface area contributed by atoms with Crippen molar-refractivity contribution >= 4 is 23.4 Å². The first-order valence-electron chi connectivity index (χ1n) is 5.79. The van der Waals surface area contributed by atoms with Gasteiger partial charge in [0.05, 0.1) is 12.9 Å². The summed E-state index contributed by atoms with van der Waals surface area (Å²) in [6, 6.07) is 0. The van der Waals surface area contributed by atoms with Crippen molar-refractivity contribution in [2.45, 2.75) is 31.1 Å². The van der Waals surface area contributed by atoms with Crippen LogP contribution in [0.4, 0.5) is 0 Å². The molecule has 19 heavy (non-hydrogen) atoms. The molecule has 1 fully saturated rings. The Labute approximate surface area is 110 Å². The van der Waals surface area contributed by atoms with Crippen molar-refractivity contribution in [3.8, 4) is 0 Å². The molecule has 0 aliphatic carbocycles. The molecule has 0 radical (unpaired) electrons. The number of hydrogen-bond donors (Lipinski definition) is 3. The van der Waals surface area contributed by atoms with Crippen LogP contribution in [0.25, 0.3) is 11.2 Å². The fourth-order valence-corrected chi connectivity index (χ4v) is 2.99. The number of aliphatic hydroxyl groups excluding tert-OH is 2. The van der Waals surface area contributed by atoms with Crippen LogP contribution >= 0.6 is 12.2 Å². The lowest BCUT2D eigenvalue weighted by molar-refractivity contribution is -0.0353. The predicted octanol–water partition coefficient (Wildman–Crippen LogP) is -1.11. The molecule has 8 nitrogen and oxygen atoms in total. The quantitative estimate of drug-likeness (QED) is 0.529. The lowest BCUT2D eigenvalue weighted by atomic mass is 10.1. The Hall–Kier alpha value is -1.55. The standard InChI is InChI=1S/C10H10N4O4S/c15-5-3-1-13-2-11-4-7(19)12-10(17)14(8(4)13)9(18-3)6(5)16/h2-3,5-6,9,15-16H,1H2,(H,12,17,19)/t3-,5-,6-,9-/m1/s1. The number of H-pyrrole nitrogens is 1. The van der Waals surface area contributed by atoms with Gasteiger partial charge in [0, 0.05) is 0 Å². The van der Waals surface area contributed by atoms with Crippen LogP contribution in [-0.2, 0) is 11.3 Å². The van der Waals surface area contributed by atoms with E-state index in [1.807, 2.05) is 0 Å². The molecular formula is C10H10N4O4S. The number of nitrogens with zero attached hydrogens (tertiary/aromatic N) is 3. The van der Waals surface area contributed by atoms with Crippen LogP contribution in [0.3, 0.4) is 0 Å². The number of hydrogen-bond acceptors (Lipinski definition) is 6. The first kappa shape index (κ1) is 11.3. The normalized spacial score (nSPS) is 32.7. The predicted molar refractivity (Wildman–Crippen MR) is 65.1 cm³/mol. The summed E-state index contributed by atoms with van der Waals surface area (Å²) >= 11 is 5.07. The van der Waals surface area contributed by atoms with Crippen molar-refractivity contribution in [3.05, 3.63) is 21.5 Å². The lowest BCUT2D eigenvalue weighted by Gasteiger charge is -2.19. The zero-order valence-corrected chi connectivity index (χ0v) is 10.4. The Balaban J connectivity index is 2.14. The molecule has 4 atom stereocenters. The van der Waals surface area contributed by atoms with Gasteiger partial charge in [0.2, 0.25) is 0 Å². The monoisotopic (exact) mass is 282 g/mol. The van der Waals surface area contributed by atoms with Crippen LogP contribution in [0.2, 0.25) is 0 Å². The first-order valence-corrected chi connectivity index (χ1v) is 6.20. The number of fused-ring (bicyclic) bond motifs is 3. The minimum Gasteiger partial charge on any atom is -0.387 e. The molecular weight excluding hydrogens is 272 g/mol. The summed E-state index contributed by atoms with van der Waals surface area (Å²) in [6.07, 6.45) is -2.15. The largest absolute Gasteiger partial charge is 0.387 e. The summed E-state index contributed by atoms with van der Waals surface area (Å²) < 4.78 is 8.78. The Morgan fingerprint density at radius 3 is 3.05 bits per heavy atom. The SMILES string of the molecule is O=c1[nH]c(=S)c2ncn3c2n1[C@@H]1O[C@H](C3)[C@@H](O)[C@H]1O. The summed E-state index contributed by atoms with van der Waals surface area (Å²) in [6.45, 7) is 0.309. The Morgan fingerprint density at radius 2 is 2.26 bits per heavy atom. The van der Waals surface area contributed by atoms with Gasteiger partial charge in [-0.2, -0.15) is 0 Å². The molecule has 100 valence electrons. The van der Waals surface area contributed by atoms with Gasteiger partial charge in [0.1, 0.15) is 34.1 Å². The molecule has 0 unspecified atom stereocenters. The van der Waals surface area contributed by atoms with Crippen molar-refractivity contribution in [1.29, 1.82) is 0 Å². The number of imidazole rings is 1. The lowest BCUT2D eigenvalue weighted by Crippen LogP contribution is -2.38. The van der Waals surface area contributed by atoms with E-state index in [-0.39, 0.29) is 4.64 Å². The highest BCUT2D eigenvalue weighted by molar-refractivity contribution is 7.71. The topological polar surface area (TPSA) is 105 Å². The minimum absolute atomic E-state index is 0.253. The average Bonchev–Trinajstić information content (AvgIpc) is 2.82. The van der Waals surface area contributed by atoms with Crippen LogP contribution in [-0.4, -0.2) is 47.6 Å². The fraction of sp³-hybridized carbons (Fsp3) is 0.500. The average molecular weight is 282 g/mol. The number of aromatic nitrogens is 4. The van der Waals surface area contributed by atoms with Crippen LogP contribution in [0, 0.1) is 4.64 Å². The van der Waals surface area contributed by atoms with E-state index in [1.165, 1.54) is 4.57 Å². The van der Waals surface area contributed by atoms with Gasteiger partial charge in [-0.3, -0.25) is 4.98 Å². The van der Waals surface area contributed by atoms with Crippen molar-refractivity contribution in [2.75, 3.05) is 0 Å². The molecule has 0 saturated carbocycles. The van der Waals surface area contributed by atoms with E-state index < -0.39 is 30.2 Å². The van der Waals surface area contributed by atoms with Gasteiger partial charge in [-0.05, 0) is 0 Å². The third-order valence-corrected chi connectivity index (χ3v) is 3.96. The Morgan fingerprint density at radius 1 is 1.47 bits per heavy atom. The number of ether oxygens (including phenoxy) is 1. The van der Waals surface area contributed by atoms with Crippen LogP contribution < -0.4 is 5.69 Å². The second kappa shape index (κ2) is 3.51. The minimum atomic E-state index is -1.15. The molecule has 4 rings (SSSR count). The third kappa shape index (κ3) is 1.30. The second-order valence-electron chi connectivity index (χ2n) is 4.74. The van der Waals surface area contributed by atoms with Crippen molar-refractivity contribution < 1.29 is 14.9 Å². The fourth-order valence-electron chi connectivity index (χ4n) is 2.76. The Kier molecular flexibility index (Phi) is 2.09. The number of nitrogens with one attached hydrogen (secondary N) is 1. The molecule has 4 heterocycles. The molecule has 3 N–H and O–H groups in total. The van der Waals surface area contributed by atoms with E-state index in [0.29, 0.717) is 17.7 Å². The molecule has 0 amide bonds. The second-order valence-corrected chi connectivity index (χ2v) is 5.15. The van der Waals surface area contributed by atoms with E-state index in [2.05, 4.69) is 9.97 Å². The van der Waals surface area contributed by atoms with E-state index in [0.717, 1.165) is 0 Å². The van der Waals surface area contributed by atoms with E-state index >= 15 is 0 Å². The van der Waals surface area contributed by atoms with Gasteiger partial charge < -0.3 is 19.5 Å². The molecule has 0 spiro atoms.